The van der Waals surface area contributed by atoms with Crippen LogP contribution in [0.25, 0.3) is 0 Å². The Morgan fingerprint density at radius 2 is 1.89 bits per heavy atom. The molecule has 0 spiro atoms. The van der Waals surface area contributed by atoms with Gasteiger partial charge in [0, 0.05) is 24.5 Å². The molecular formula is C23H23N3O. The zero-order chi connectivity index (χ0) is 18.8. The standard InChI is InChI=1S/C23H23N3O/c1-16-9-11-18(12-10-16)15-25-23(27)20-7-5-13-24-22(20)26-17(2)14-19-6-3-4-8-21(19)26/h3-13,17H,14-15H2,1-2H3,(H,25,27). The molecule has 27 heavy (non-hydrogen) atoms. The quantitative estimate of drug-likeness (QED) is 0.753. The lowest BCUT2D eigenvalue weighted by Crippen LogP contribution is -2.30. The van der Waals surface area contributed by atoms with Gasteiger partial charge in [-0.3, -0.25) is 4.79 Å². The van der Waals surface area contributed by atoms with Crippen LogP contribution in [0.15, 0.2) is 66.9 Å². The third-order valence-corrected chi connectivity index (χ3v) is 5.04. The number of fused-ring (bicyclic) bond motifs is 1. The minimum Gasteiger partial charge on any atom is -0.348 e. The van der Waals surface area contributed by atoms with Crippen LogP contribution in [-0.2, 0) is 13.0 Å². The Hall–Kier alpha value is -3.14. The average molecular weight is 357 g/mol. The van der Waals surface area contributed by atoms with Gasteiger partial charge in [-0.1, -0.05) is 48.0 Å². The van der Waals surface area contributed by atoms with Crippen molar-refractivity contribution in [2.75, 3.05) is 4.90 Å². The molecule has 4 heteroatoms. The Kier molecular flexibility index (Phi) is 4.63. The Balaban J connectivity index is 1.60. The number of nitrogens with zero attached hydrogens (tertiary/aromatic N) is 2. The molecule has 1 unspecified atom stereocenters. The molecule has 0 fully saturated rings. The molecule has 1 aliphatic heterocycles. The van der Waals surface area contributed by atoms with Crippen molar-refractivity contribution in [1.82, 2.24) is 10.3 Å². The summed E-state index contributed by atoms with van der Waals surface area (Å²) in [5.41, 5.74) is 5.33. The highest BCUT2D eigenvalue weighted by molar-refractivity contribution is 6.00. The fourth-order valence-electron chi connectivity index (χ4n) is 3.64. The number of anilines is 2. The number of aromatic nitrogens is 1. The van der Waals surface area contributed by atoms with E-state index in [2.05, 4.69) is 59.4 Å². The van der Waals surface area contributed by atoms with Gasteiger partial charge in [0.1, 0.15) is 5.82 Å². The van der Waals surface area contributed by atoms with E-state index in [1.54, 1.807) is 6.20 Å². The Morgan fingerprint density at radius 1 is 1.11 bits per heavy atom. The number of pyridine rings is 1. The predicted molar refractivity (Wildman–Crippen MR) is 108 cm³/mol. The molecule has 1 atom stereocenters. The third kappa shape index (κ3) is 3.43. The Labute approximate surface area is 159 Å². The van der Waals surface area contributed by atoms with Gasteiger partial charge in [-0.2, -0.15) is 0 Å². The summed E-state index contributed by atoms with van der Waals surface area (Å²) in [4.78, 5) is 19.6. The molecule has 136 valence electrons. The van der Waals surface area contributed by atoms with Gasteiger partial charge in [0.05, 0.1) is 5.56 Å². The minimum atomic E-state index is -0.102. The second kappa shape index (κ2) is 7.23. The summed E-state index contributed by atoms with van der Waals surface area (Å²) >= 11 is 0. The zero-order valence-corrected chi connectivity index (χ0v) is 15.6. The van der Waals surface area contributed by atoms with Crippen molar-refractivity contribution in [1.29, 1.82) is 0 Å². The average Bonchev–Trinajstić information content (AvgIpc) is 3.03. The second-order valence-electron chi connectivity index (χ2n) is 7.09. The molecular weight excluding hydrogens is 334 g/mol. The summed E-state index contributed by atoms with van der Waals surface area (Å²) in [6.07, 6.45) is 2.71. The van der Waals surface area contributed by atoms with E-state index in [4.69, 9.17) is 0 Å². The van der Waals surface area contributed by atoms with E-state index in [1.165, 1.54) is 11.1 Å². The molecule has 0 bridgehead atoms. The van der Waals surface area contributed by atoms with Crippen LogP contribution in [0.5, 0.6) is 0 Å². The fraction of sp³-hybridized carbons (Fsp3) is 0.217. The van der Waals surface area contributed by atoms with Crippen molar-refractivity contribution in [3.8, 4) is 0 Å². The van der Waals surface area contributed by atoms with E-state index in [0.717, 1.165) is 23.5 Å². The van der Waals surface area contributed by atoms with E-state index in [0.29, 0.717) is 12.1 Å². The first-order chi connectivity index (χ1) is 13.1. The number of nitrogens with one attached hydrogen (secondary N) is 1. The molecule has 0 aliphatic carbocycles. The van der Waals surface area contributed by atoms with Crippen molar-refractivity contribution >= 4 is 17.4 Å². The molecule has 0 saturated carbocycles. The van der Waals surface area contributed by atoms with Crippen molar-refractivity contribution in [3.63, 3.8) is 0 Å². The van der Waals surface area contributed by atoms with Crippen LogP contribution in [0, 0.1) is 6.92 Å². The fourth-order valence-corrected chi connectivity index (χ4v) is 3.64. The summed E-state index contributed by atoms with van der Waals surface area (Å²) in [5.74, 6) is 0.617. The van der Waals surface area contributed by atoms with Crippen molar-refractivity contribution in [2.24, 2.45) is 0 Å². The van der Waals surface area contributed by atoms with Gasteiger partial charge >= 0.3 is 0 Å². The molecule has 1 aromatic heterocycles. The molecule has 0 radical (unpaired) electrons. The van der Waals surface area contributed by atoms with Crippen LogP contribution < -0.4 is 10.2 Å². The molecule has 4 nitrogen and oxygen atoms in total. The van der Waals surface area contributed by atoms with E-state index < -0.39 is 0 Å². The molecule has 3 aromatic rings. The van der Waals surface area contributed by atoms with Crippen LogP contribution in [-0.4, -0.2) is 16.9 Å². The number of carbonyl (C=O) groups is 1. The SMILES string of the molecule is Cc1ccc(CNC(=O)c2cccnc2N2c3ccccc3CC2C)cc1. The number of benzene rings is 2. The summed E-state index contributed by atoms with van der Waals surface area (Å²) in [6, 6.07) is 20.5. The highest BCUT2D eigenvalue weighted by atomic mass is 16.1. The maximum Gasteiger partial charge on any atom is 0.255 e. The number of carbonyl (C=O) groups excluding carboxylic acids is 1. The summed E-state index contributed by atoms with van der Waals surface area (Å²) in [5, 5.41) is 3.03. The Bertz CT molecular complexity index is 965. The zero-order valence-electron chi connectivity index (χ0n) is 15.6. The van der Waals surface area contributed by atoms with Gasteiger partial charge < -0.3 is 10.2 Å². The number of rotatable bonds is 4. The minimum absolute atomic E-state index is 0.102. The maximum atomic E-state index is 12.9. The largest absolute Gasteiger partial charge is 0.348 e. The summed E-state index contributed by atoms with van der Waals surface area (Å²) in [7, 11) is 0. The molecule has 1 N–H and O–H groups in total. The first kappa shape index (κ1) is 17.3. The lowest BCUT2D eigenvalue weighted by Gasteiger charge is -2.25. The summed E-state index contributed by atoms with van der Waals surface area (Å²) < 4.78 is 0. The number of hydrogen-bond donors (Lipinski definition) is 1. The normalized spacial score (nSPS) is 15.5. The lowest BCUT2D eigenvalue weighted by molar-refractivity contribution is 0.0951. The van der Waals surface area contributed by atoms with Crippen molar-refractivity contribution < 1.29 is 4.79 Å². The molecule has 1 aliphatic rings. The van der Waals surface area contributed by atoms with Crippen molar-refractivity contribution in [3.05, 3.63) is 89.1 Å². The van der Waals surface area contributed by atoms with Crippen LogP contribution in [0.2, 0.25) is 0 Å². The van der Waals surface area contributed by atoms with E-state index in [9.17, 15) is 4.79 Å². The smallest absolute Gasteiger partial charge is 0.255 e. The van der Waals surface area contributed by atoms with Gasteiger partial charge in [0.2, 0.25) is 0 Å². The first-order valence-electron chi connectivity index (χ1n) is 9.29. The number of amides is 1. The first-order valence-corrected chi connectivity index (χ1v) is 9.29. The Morgan fingerprint density at radius 3 is 2.70 bits per heavy atom. The highest BCUT2D eigenvalue weighted by Gasteiger charge is 2.30. The van der Waals surface area contributed by atoms with E-state index in [-0.39, 0.29) is 11.9 Å². The lowest BCUT2D eigenvalue weighted by atomic mass is 10.1. The summed E-state index contributed by atoms with van der Waals surface area (Å²) in [6.45, 7) is 4.72. The molecule has 2 heterocycles. The van der Waals surface area contributed by atoms with E-state index >= 15 is 0 Å². The second-order valence-corrected chi connectivity index (χ2v) is 7.09. The molecule has 0 saturated heterocycles. The topological polar surface area (TPSA) is 45.2 Å². The van der Waals surface area contributed by atoms with Gasteiger partial charge in [-0.25, -0.2) is 4.98 Å². The van der Waals surface area contributed by atoms with E-state index in [1.807, 2.05) is 30.3 Å². The highest BCUT2D eigenvalue weighted by Crippen LogP contribution is 2.38. The number of para-hydroxylation sites is 1. The maximum absolute atomic E-state index is 12.9. The van der Waals surface area contributed by atoms with Crippen molar-refractivity contribution in [2.45, 2.75) is 32.9 Å². The number of aryl methyl sites for hydroxylation is 1. The van der Waals surface area contributed by atoms with Gasteiger partial charge in [0.25, 0.3) is 5.91 Å². The van der Waals surface area contributed by atoms with Crippen LogP contribution in [0.4, 0.5) is 11.5 Å². The van der Waals surface area contributed by atoms with Crippen LogP contribution in [0.3, 0.4) is 0 Å². The van der Waals surface area contributed by atoms with Gasteiger partial charge in [-0.05, 0) is 49.6 Å². The predicted octanol–water partition coefficient (Wildman–Crippen LogP) is 4.40. The monoisotopic (exact) mass is 357 g/mol. The van der Waals surface area contributed by atoms with Crippen LogP contribution in [0.1, 0.15) is 34.0 Å². The van der Waals surface area contributed by atoms with Gasteiger partial charge in [-0.15, -0.1) is 0 Å². The van der Waals surface area contributed by atoms with Gasteiger partial charge in [0.15, 0.2) is 0 Å². The molecule has 2 aromatic carbocycles. The number of hydrogen-bond acceptors (Lipinski definition) is 3. The molecule has 4 rings (SSSR count). The molecule has 1 amide bonds. The third-order valence-electron chi connectivity index (χ3n) is 5.04. The van der Waals surface area contributed by atoms with Crippen LogP contribution >= 0.6 is 0 Å².